The summed E-state index contributed by atoms with van der Waals surface area (Å²) in [4.78, 5) is 23.3. The summed E-state index contributed by atoms with van der Waals surface area (Å²) in [5.74, 6) is 1.64. The topological polar surface area (TPSA) is 136 Å². The van der Waals surface area contributed by atoms with Crippen LogP contribution in [0.1, 0.15) is 162 Å². The molecule has 0 heterocycles. The van der Waals surface area contributed by atoms with Crippen LogP contribution in [0.2, 0.25) is 51.4 Å². The highest BCUT2D eigenvalue weighted by Crippen LogP contribution is 2.25. The number of esters is 2. The molecule has 13 nitrogen and oxygen atoms in total. The third-order valence-corrected chi connectivity index (χ3v) is 30.4. The fourth-order valence-corrected chi connectivity index (χ4v) is 14.3. The first-order valence-corrected chi connectivity index (χ1v) is 42.0. The van der Waals surface area contributed by atoms with Gasteiger partial charge in [0, 0.05) is 69.2 Å². The lowest BCUT2D eigenvalue weighted by atomic mass is 9.91. The molecule has 0 bridgehead atoms. The van der Waals surface area contributed by atoms with Crippen LogP contribution in [-0.2, 0) is 58.9 Å². The van der Waals surface area contributed by atoms with Gasteiger partial charge in [-0.2, -0.15) is 0 Å². The van der Waals surface area contributed by atoms with E-state index < -0.39 is 42.6 Å². The Bertz CT molecular complexity index is 2100. The van der Waals surface area contributed by atoms with E-state index in [1.807, 2.05) is 67.3 Å². The lowest BCUT2D eigenvalue weighted by molar-refractivity contribution is -0.154. The number of hydrogen-bond acceptors (Lipinski definition) is 13. The lowest BCUT2D eigenvalue weighted by Crippen LogP contribution is -2.54. The van der Waals surface area contributed by atoms with E-state index in [1.165, 1.54) is 39.9 Å². The van der Waals surface area contributed by atoms with Crippen LogP contribution in [0.4, 0.5) is 0 Å². The number of hydrogen-bond donors (Lipinski definition) is 0. The lowest BCUT2D eigenvalue weighted by Gasteiger charge is -2.24. The van der Waals surface area contributed by atoms with E-state index in [4.69, 9.17) is 49.3 Å². The number of rotatable bonds is 30. The van der Waals surface area contributed by atoms with E-state index in [1.54, 1.807) is 56.9 Å². The van der Waals surface area contributed by atoms with Crippen LogP contribution in [0.25, 0.3) is 0 Å². The number of benzene rings is 3. The molecule has 0 spiro atoms. The Kier molecular flexibility index (Phi) is 39.5. The molecule has 18 heteroatoms. The summed E-state index contributed by atoms with van der Waals surface area (Å²) in [7, 11) is 5.30. The van der Waals surface area contributed by atoms with Crippen LogP contribution in [-0.4, -0.2) is 132 Å². The summed E-state index contributed by atoms with van der Waals surface area (Å²) >= 11 is 0. The Morgan fingerprint density at radius 2 is 0.741 bits per heavy atom. The molecule has 0 aromatic heterocycles. The Labute approximate surface area is 501 Å². The van der Waals surface area contributed by atoms with Gasteiger partial charge in [-0.25, -0.2) is 0 Å². The summed E-state index contributed by atoms with van der Waals surface area (Å²) in [6.07, 6.45) is 6.79. The highest BCUT2D eigenvalue weighted by atomic mass is 28.4. The quantitative estimate of drug-likeness (QED) is 0.0356. The summed E-state index contributed by atoms with van der Waals surface area (Å²) in [6, 6.07) is 27.8. The van der Waals surface area contributed by atoms with Crippen LogP contribution in [0.3, 0.4) is 0 Å². The molecule has 0 saturated carbocycles. The molecule has 0 N–H and O–H groups in total. The Balaban J connectivity index is 0. The summed E-state index contributed by atoms with van der Waals surface area (Å²) in [5, 5.41) is 3.55. The molecule has 0 aliphatic heterocycles. The molecule has 3 unspecified atom stereocenters. The summed E-state index contributed by atoms with van der Waals surface area (Å²) in [5.41, 5.74) is 3.41. The first-order valence-electron chi connectivity index (χ1n) is 29.4. The predicted molar refractivity (Wildman–Crippen MR) is 350 cm³/mol. The molecule has 3 aromatic carbocycles. The van der Waals surface area contributed by atoms with Crippen molar-refractivity contribution >= 4 is 70.1 Å². The van der Waals surface area contributed by atoms with Crippen molar-refractivity contribution in [3.63, 3.8) is 0 Å². The van der Waals surface area contributed by atoms with Gasteiger partial charge in [-0.1, -0.05) is 128 Å². The van der Waals surface area contributed by atoms with E-state index >= 15 is 0 Å². The second-order valence-electron chi connectivity index (χ2n) is 23.5. The zero-order chi connectivity index (χ0) is 62.9. The molecule has 0 fully saturated rings. The highest BCUT2D eigenvalue weighted by Gasteiger charge is 2.41. The Hall–Kier alpha value is -2.68. The van der Waals surface area contributed by atoms with Crippen LogP contribution < -0.4 is 15.6 Å². The Morgan fingerprint density at radius 3 is 1.01 bits per heavy atom. The normalized spacial score (nSPS) is 13.3. The molecule has 0 aliphatic rings. The molecular weight excluding hydrogens is 1110 g/mol. The van der Waals surface area contributed by atoms with E-state index in [0.717, 1.165) is 49.4 Å². The highest BCUT2D eigenvalue weighted by molar-refractivity contribution is 6.84. The van der Waals surface area contributed by atoms with Crippen molar-refractivity contribution in [2.45, 2.75) is 197 Å². The van der Waals surface area contributed by atoms with Gasteiger partial charge in [0.15, 0.2) is 8.32 Å². The molecule has 3 aromatic rings. The predicted octanol–water partition coefficient (Wildman–Crippen LogP) is 14.2. The average molecular weight is 1220 g/mol. The van der Waals surface area contributed by atoms with Crippen molar-refractivity contribution < 1.29 is 58.9 Å². The SMILES string of the molecule is CCC(C)(C)C(=O)OCCC[Si](C)(C)OC.CCC(C)(C)C(=O)OCCC[Si](C)(OC)OC.CCC(C)c1ccc([Si](C)(C)OC)cc1.CCC(C)c1ccc([Si](C)(OC)OC)cc1.CCC(C)c1ccc([Si](OC)(OC)OC)cc1. The molecule has 3 rings (SSSR count). The van der Waals surface area contributed by atoms with Crippen molar-refractivity contribution in [2.24, 2.45) is 10.8 Å². The van der Waals surface area contributed by atoms with Crippen molar-refractivity contribution in [1.29, 1.82) is 0 Å². The van der Waals surface area contributed by atoms with Gasteiger partial charge in [0.2, 0.25) is 8.32 Å². The molecule has 468 valence electrons. The fourth-order valence-electron chi connectivity index (χ4n) is 7.38. The van der Waals surface area contributed by atoms with Gasteiger partial charge in [0.25, 0.3) is 0 Å². The minimum absolute atomic E-state index is 0.0908. The maximum Gasteiger partial charge on any atom is 0.536 e. The molecule has 81 heavy (non-hydrogen) atoms. The summed E-state index contributed by atoms with van der Waals surface area (Å²) < 4.78 is 59.6. The second-order valence-corrected chi connectivity index (χ2v) is 41.7. The van der Waals surface area contributed by atoms with Crippen LogP contribution in [0.15, 0.2) is 72.8 Å². The minimum atomic E-state index is -2.66. The number of carbonyl (C=O) groups excluding carboxylic acids is 2. The fraction of sp³-hybridized carbons (Fsp3) is 0.683. The molecule has 3 atom stereocenters. The number of carbonyl (C=O) groups is 2. The zero-order valence-electron chi connectivity index (χ0n) is 56.2. The molecule has 0 saturated heterocycles. The van der Waals surface area contributed by atoms with Gasteiger partial charge in [0.05, 0.1) is 24.0 Å². The van der Waals surface area contributed by atoms with Gasteiger partial charge in [-0.3, -0.25) is 9.59 Å². The largest absolute Gasteiger partial charge is 0.536 e. The molecule has 0 aliphatic carbocycles. The molecule has 0 radical (unpaired) electrons. The third-order valence-electron chi connectivity index (χ3n) is 16.4. The van der Waals surface area contributed by atoms with E-state index in [9.17, 15) is 9.59 Å². The van der Waals surface area contributed by atoms with Crippen molar-refractivity contribution in [3.05, 3.63) is 89.5 Å². The first-order chi connectivity index (χ1) is 37.8. The second kappa shape index (κ2) is 39.8. The van der Waals surface area contributed by atoms with Gasteiger partial charge in [0.1, 0.15) is 0 Å². The van der Waals surface area contributed by atoms with Crippen LogP contribution in [0.5, 0.6) is 0 Å². The van der Waals surface area contributed by atoms with Gasteiger partial charge in [-0.15, -0.1) is 0 Å². The average Bonchev–Trinajstić information content (AvgIpc) is 3.49. The van der Waals surface area contributed by atoms with Crippen LogP contribution in [0, 0.1) is 10.8 Å². The monoisotopic (exact) mass is 1220 g/mol. The maximum atomic E-state index is 11.7. The van der Waals surface area contributed by atoms with Crippen molar-refractivity contribution in [3.8, 4) is 0 Å². The van der Waals surface area contributed by atoms with Crippen molar-refractivity contribution in [2.75, 3.05) is 77.2 Å². The van der Waals surface area contributed by atoms with E-state index in [0.29, 0.717) is 31.0 Å². The van der Waals surface area contributed by atoms with E-state index in [2.05, 4.69) is 135 Å². The van der Waals surface area contributed by atoms with Gasteiger partial charge >= 0.3 is 37.9 Å². The van der Waals surface area contributed by atoms with Gasteiger partial charge < -0.3 is 49.3 Å². The van der Waals surface area contributed by atoms with Crippen LogP contribution >= 0.6 is 0 Å². The Morgan fingerprint density at radius 1 is 0.420 bits per heavy atom. The van der Waals surface area contributed by atoms with Crippen molar-refractivity contribution in [1.82, 2.24) is 0 Å². The summed E-state index contributed by atoms with van der Waals surface area (Å²) in [6.45, 7) is 38.8. The molecule has 0 amide bonds. The smallest absolute Gasteiger partial charge is 0.465 e. The minimum Gasteiger partial charge on any atom is -0.465 e. The molecular formula is C63H118O13Si5. The van der Waals surface area contributed by atoms with Gasteiger partial charge in [-0.05, 0) is 169 Å². The number of ether oxygens (including phenoxy) is 2. The first kappa shape index (κ1) is 80.4. The van der Waals surface area contributed by atoms with E-state index in [-0.39, 0.29) is 22.8 Å². The standard InChI is InChI=1S/C13H22O3Si.C13H22O2Si.C13H22OSi.C12H26O4Si.C12H26O3Si/c1-6-11(2)12-7-9-13(10-8-12)17(14-3,15-4)16-5;1-6-11(2)12-7-9-13(10-8-12)16(5,14-3)15-4;1-6-11(2)12-7-9-13(10-8-12)15(4,5)14-3;1-7-12(2,3)11(13)16-9-8-10-17(6,14-4)15-5;1-7-12(2,3)11(13)15-9-8-10-16(5,6)14-4/h7-11H,6H2,1-5H3;7-11H,6H2,1-5H3;7-11H,6H2,1-5H3;7-10H2,1-6H3;7-10H2,1-6H3. The maximum absolute atomic E-state index is 11.7. The zero-order valence-corrected chi connectivity index (χ0v) is 61.2. The third kappa shape index (κ3) is 28.4.